The average molecular weight is 632 g/mol. The summed E-state index contributed by atoms with van der Waals surface area (Å²) in [6.45, 7) is 7.84. The van der Waals surface area contributed by atoms with Gasteiger partial charge in [0.15, 0.2) is 5.60 Å². The highest BCUT2D eigenvalue weighted by atomic mass is 79.9. The maximum Gasteiger partial charge on any atom is 0.340 e. The van der Waals surface area contributed by atoms with E-state index in [1.807, 2.05) is 27.7 Å². The first-order chi connectivity index (χ1) is 17.6. The molecule has 3 aromatic carbocycles. The Morgan fingerprint density at radius 1 is 0.784 bits per heavy atom. The quantitative estimate of drug-likeness (QED) is 0.242. The number of carbonyl (C=O) groups excluding carboxylic acids is 1. The first-order valence-corrected chi connectivity index (χ1v) is 13.8. The lowest BCUT2D eigenvalue weighted by atomic mass is 9.76. The number of carbonyl (C=O) groups is 2. The number of aromatic hydroxyl groups is 2. The highest BCUT2D eigenvalue weighted by Crippen LogP contribution is 2.54. The van der Waals surface area contributed by atoms with Crippen molar-refractivity contribution < 1.29 is 29.6 Å². The fourth-order valence-electron chi connectivity index (χ4n) is 5.45. The molecule has 1 heterocycles. The molecule has 1 aliphatic rings. The number of rotatable bonds is 7. The third-order valence-corrected chi connectivity index (χ3v) is 9.01. The van der Waals surface area contributed by atoms with Crippen LogP contribution in [-0.4, -0.2) is 27.3 Å². The van der Waals surface area contributed by atoms with E-state index in [2.05, 4.69) is 31.9 Å². The van der Waals surface area contributed by atoms with Gasteiger partial charge in [-0.25, -0.2) is 9.59 Å². The SMILES string of the molecule is CCc1c(O)cc(C2(c3cc(O)c(CC)c(CC)c3Br)OC(=O)c3ccc(C(=O)O)cc32)c(Br)c1CC. The van der Waals surface area contributed by atoms with Crippen LogP contribution in [0, 0.1) is 0 Å². The molecule has 6 nitrogen and oxygen atoms in total. The summed E-state index contributed by atoms with van der Waals surface area (Å²) >= 11 is 7.48. The highest BCUT2D eigenvalue weighted by molar-refractivity contribution is 9.11. The Balaban J connectivity index is 2.25. The first-order valence-electron chi connectivity index (χ1n) is 12.3. The van der Waals surface area contributed by atoms with Crippen molar-refractivity contribution in [1.29, 1.82) is 0 Å². The zero-order chi connectivity index (χ0) is 27.2. The van der Waals surface area contributed by atoms with E-state index in [9.17, 15) is 24.9 Å². The predicted octanol–water partition coefficient (Wildman–Crippen LogP) is 7.03. The largest absolute Gasteiger partial charge is 0.508 e. The van der Waals surface area contributed by atoms with Crippen LogP contribution in [0.5, 0.6) is 11.5 Å². The number of benzene rings is 3. The van der Waals surface area contributed by atoms with Gasteiger partial charge >= 0.3 is 11.9 Å². The van der Waals surface area contributed by atoms with Crippen LogP contribution in [0.4, 0.5) is 0 Å². The number of aromatic carboxylic acids is 1. The summed E-state index contributed by atoms with van der Waals surface area (Å²) in [6.07, 6.45) is 2.38. The van der Waals surface area contributed by atoms with Crippen LogP contribution in [-0.2, 0) is 36.0 Å². The van der Waals surface area contributed by atoms with Gasteiger partial charge in [0, 0.05) is 25.6 Å². The molecular formula is C29H28Br2O6. The molecule has 0 saturated heterocycles. The van der Waals surface area contributed by atoms with E-state index in [1.54, 1.807) is 12.1 Å². The molecule has 37 heavy (non-hydrogen) atoms. The van der Waals surface area contributed by atoms with Crippen molar-refractivity contribution in [3.63, 3.8) is 0 Å². The Labute approximate surface area is 232 Å². The zero-order valence-electron chi connectivity index (χ0n) is 21.0. The van der Waals surface area contributed by atoms with Gasteiger partial charge < -0.3 is 20.1 Å². The van der Waals surface area contributed by atoms with Gasteiger partial charge in [0.1, 0.15) is 11.5 Å². The minimum atomic E-state index is -1.64. The zero-order valence-corrected chi connectivity index (χ0v) is 24.2. The maximum atomic E-state index is 13.3. The fraction of sp³-hybridized carbons (Fsp3) is 0.310. The maximum absolute atomic E-state index is 13.3. The minimum absolute atomic E-state index is 0.0103. The Hall–Kier alpha value is -2.84. The summed E-state index contributed by atoms with van der Waals surface area (Å²) < 4.78 is 7.53. The number of esters is 1. The molecule has 194 valence electrons. The third kappa shape index (κ3) is 4.05. The van der Waals surface area contributed by atoms with Crippen molar-refractivity contribution in [1.82, 2.24) is 0 Å². The predicted molar refractivity (Wildman–Crippen MR) is 148 cm³/mol. The van der Waals surface area contributed by atoms with Crippen LogP contribution in [0.3, 0.4) is 0 Å². The fourth-order valence-corrected chi connectivity index (χ4v) is 7.28. The second-order valence-corrected chi connectivity index (χ2v) is 10.6. The van der Waals surface area contributed by atoms with Crippen LogP contribution in [0.2, 0.25) is 0 Å². The molecule has 0 fully saturated rings. The lowest BCUT2D eigenvalue weighted by Crippen LogP contribution is -2.31. The van der Waals surface area contributed by atoms with Gasteiger partial charge in [0.25, 0.3) is 0 Å². The number of phenols is 2. The number of carboxylic acids is 1. The molecule has 0 radical (unpaired) electrons. The van der Waals surface area contributed by atoms with Crippen LogP contribution < -0.4 is 0 Å². The van der Waals surface area contributed by atoms with Crippen molar-refractivity contribution >= 4 is 43.8 Å². The Bertz CT molecular complexity index is 1380. The number of phenolic OH excluding ortho intramolecular Hbond substituents is 2. The molecular weight excluding hydrogens is 604 g/mol. The molecule has 1 aliphatic heterocycles. The molecule has 0 aromatic heterocycles. The van der Waals surface area contributed by atoms with Crippen LogP contribution in [0.15, 0.2) is 39.3 Å². The van der Waals surface area contributed by atoms with Crippen molar-refractivity contribution in [3.8, 4) is 11.5 Å². The second kappa shape index (κ2) is 10.1. The van der Waals surface area contributed by atoms with E-state index in [4.69, 9.17) is 4.74 Å². The third-order valence-electron chi connectivity index (χ3n) is 7.20. The van der Waals surface area contributed by atoms with E-state index >= 15 is 0 Å². The summed E-state index contributed by atoms with van der Waals surface area (Å²) in [7, 11) is 0. The summed E-state index contributed by atoms with van der Waals surface area (Å²) in [4.78, 5) is 25.3. The molecule has 0 bridgehead atoms. The standard InChI is InChI=1S/C29H28Br2O6/c1-5-15-17(7-3)25(30)21(12-23(15)32)29(22-13-24(33)16(6-2)18(8-4)26(22)31)20-11-14(27(34)35)9-10-19(20)28(36)37-29/h9-13,32-33H,5-8H2,1-4H3,(H,34,35). The lowest BCUT2D eigenvalue weighted by molar-refractivity contribution is 0.0245. The molecule has 0 spiro atoms. The molecule has 8 heteroatoms. The van der Waals surface area contributed by atoms with Crippen molar-refractivity contribution in [2.45, 2.75) is 59.0 Å². The van der Waals surface area contributed by atoms with Crippen molar-refractivity contribution in [2.75, 3.05) is 0 Å². The van der Waals surface area contributed by atoms with Gasteiger partial charge in [0.2, 0.25) is 0 Å². The summed E-state index contributed by atoms with van der Waals surface area (Å²) in [5.41, 5.74) is 3.05. The normalized spacial score (nSPS) is 13.9. The van der Waals surface area contributed by atoms with Crippen molar-refractivity contribution in [2.24, 2.45) is 0 Å². The van der Waals surface area contributed by atoms with E-state index in [0.717, 1.165) is 22.3 Å². The van der Waals surface area contributed by atoms with Gasteiger partial charge in [0.05, 0.1) is 11.1 Å². The molecule has 0 amide bonds. The van der Waals surface area contributed by atoms with Crippen LogP contribution in [0.25, 0.3) is 0 Å². The Morgan fingerprint density at radius 3 is 1.65 bits per heavy atom. The first kappa shape index (κ1) is 27.2. The van der Waals surface area contributed by atoms with Gasteiger partial charge in [-0.3, -0.25) is 0 Å². The number of halogens is 2. The number of fused-ring (bicyclic) bond motifs is 1. The Morgan fingerprint density at radius 2 is 1.24 bits per heavy atom. The number of carboxylic acid groups (broad SMARTS) is 1. The van der Waals surface area contributed by atoms with Gasteiger partial charge in [-0.15, -0.1) is 0 Å². The summed E-state index contributed by atoms with van der Waals surface area (Å²) in [5, 5.41) is 32.0. The minimum Gasteiger partial charge on any atom is -0.508 e. The van der Waals surface area contributed by atoms with Crippen LogP contribution >= 0.6 is 31.9 Å². The van der Waals surface area contributed by atoms with E-state index in [-0.39, 0.29) is 22.6 Å². The molecule has 4 rings (SSSR count). The van der Waals surface area contributed by atoms with Crippen molar-refractivity contribution in [3.05, 3.63) is 89.3 Å². The number of hydrogen-bond acceptors (Lipinski definition) is 5. The lowest BCUT2D eigenvalue weighted by Gasteiger charge is -2.34. The average Bonchev–Trinajstić information content (AvgIpc) is 3.17. The molecule has 3 aromatic rings. The highest BCUT2D eigenvalue weighted by Gasteiger charge is 2.52. The molecule has 0 unspecified atom stereocenters. The molecule has 0 aliphatic carbocycles. The molecule has 3 N–H and O–H groups in total. The Kier molecular flexibility index (Phi) is 7.45. The topological polar surface area (TPSA) is 104 Å². The monoisotopic (exact) mass is 630 g/mol. The smallest absolute Gasteiger partial charge is 0.340 e. The van der Waals surface area contributed by atoms with Crippen LogP contribution in [0.1, 0.15) is 87.4 Å². The number of cyclic esters (lactones) is 1. The van der Waals surface area contributed by atoms with Gasteiger partial charge in [-0.2, -0.15) is 0 Å². The number of hydrogen-bond donors (Lipinski definition) is 3. The summed E-state index contributed by atoms with van der Waals surface area (Å²) in [6, 6.07) is 7.40. The number of ether oxygens (including phenoxy) is 1. The van der Waals surface area contributed by atoms with Gasteiger partial charge in [-0.1, -0.05) is 59.6 Å². The van der Waals surface area contributed by atoms with E-state index in [1.165, 1.54) is 18.2 Å². The summed E-state index contributed by atoms with van der Waals surface area (Å²) in [5.74, 6) is -1.67. The molecule has 0 saturated carbocycles. The van der Waals surface area contributed by atoms with E-state index in [0.29, 0.717) is 51.3 Å². The second-order valence-electron chi connectivity index (χ2n) is 8.98. The molecule has 0 atom stereocenters. The van der Waals surface area contributed by atoms with E-state index < -0.39 is 17.5 Å². The van der Waals surface area contributed by atoms with Gasteiger partial charge in [-0.05, 0) is 78.3 Å².